The van der Waals surface area contributed by atoms with Crippen molar-refractivity contribution in [3.8, 4) is 5.75 Å². The van der Waals surface area contributed by atoms with Crippen molar-refractivity contribution >= 4 is 17.8 Å². The van der Waals surface area contributed by atoms with Gasteiger partial charge in [-0.15, -0.1) is 11.8 Å². The molecule has 0 aromatic heterocycles. The van der Waals surface area contributed by atoms with Gasteiger partial charge in [0.05, 0.1) is 0 Å². The van der Waals surface area contributed by atoms with Gasteiger partial charge in [0.25, 0.3) is 0 Å². The highest BCUT2D eigenvalue weighted by atomic mass is 32.2. The average molecular weight is 321 g/mol. The molecule has 0 amide bonds. The van der Waals surface area contributed by atoms with Gasteiger partial charge in [0.15, 0.2) is 0 Å². The van der Waals surface area contributed by atoms with E-state index in [0.717, 1.165) is 27.5 Å². The fraction of sp³-hybridized carbons (Fsp3) is 0.556. The molecule has 1 aromatic carbocycles. The molecule has 0 saturated carbocycles. The minimum Gasteiger partial charge on any atom is -0.507 e. The van der Waals surface area contributed by atoms with Crippen LogP contribution >= 0.6 is 11.8 Å². The van der Waals surface area contributed by atoms with E-state index < -0.39 is 6.23 Å². The van der Waals surface area contributed by atoms with Crippen molar-refractivity contribution in [2.75, 3.05) is 5.88 Å². The van der Waals surface area contributed by atoms with Crippen LogP contribution in [-0.4, -0.2) is 22.3 Å². The number of phenols is 1. The van der Waals surface area contributed by atoms with Gasteiger partial charge in [-0.1, -0.05) is 41.5 Å². The number of nitrogens with one attached hydrogen (secondary N) is 1. The van der Waals surface area contributed by atoms with E-state index in [2.05, 4.69) is 46.9 Å². The minimum absolute atomic E-state index is 0.141. The van der Waals surface area contributed by atoms with Crippen LogP contribution < -0.4 is 5.32 Å². The molecule has 4 heteroatoms. The van der Waals surface area contributed by atoms with E-state index >= 15 is 0 Å². The summed E-state index contributed by atoms with van der Waals surface area (Å²) in [5, 5.41) is 23.6. The van der Waals surface area contributed by atoms with Gasteiger partial charge < -0.3 is 10.2 Å². The Hall–Kier alpha value is -0.970. The molecule has 0 aliphatic carbocycles. The van der Waals surface area contributed by atoms with Crippen LogP contribution in [-0.2, 0) is 10.8 Å². The summed E-state index contributed by atoms with van der Waals surface area (Å²) in [7, 11) is 0. The van der Waals surface area contributed by atoms with Crippen LogP contribution in [0.15, 0.2) is 17.0 Å². The van der Waals surface area contributed by atoms with E-state index in [1.165, 1.54) is 0 Å². The zero-order valence-corrected chi connectivity index (χ0v) is 15.1. The van der Waals surface area contributed by atoms with Crippen molar-refractivity contribution in [3.63, 3.8) is 0 Å². The summed E-state index contributed by atoms with van der Waals surface area (Å²) in [5.74, 6) is 1.11. The van der Waals surface area contributed by atoms with Crippen LogP contribution in [0, 0.1) is 0 Å². The molecule has 1 aliphatic rings. The Kier molecular flexibility index (Phi) is 4.67. The highest BCUT2D eigenvalue weighted by Crippen LogP contribution is 2.40. The second-order valence-electron chi connectivity index (χ2n) is 7.91. The average Bonchev–Trinajstić information content (AvgIpc) is 2.74. The number of thioether (sulfide) groups is 1. The molecule has 1 heterocycles. The van der Waals surface area contributed by atoms with Crippen molar-refractivity contribution in [1.29, 1.82) is 0 Å². The Morgan fingerprint density at radius 3 is 1.95 bits per heavy atom. The topological polar surface area (TPSA) is 52.5 Å². The summed E-state index contributed by atoms with van der Waals surface area (Å²) in [6.45, 7) is 12.6. The van der Waals surface area contributed by atoms with Crippen LogP contribution in [0.4, 0.5) is 0 Å². The van der Waals surface area contributed by atoms with Gasteiger partial charge in [-0.05, 0) is 34.6 Å². The third-order valence-corrected chi connectivity index (χ3v) is 4.83. The predicted octanol–water partition coefficient (Wildman–Crippen LogP) is 3.94. The molecule has 2 rings (SSSR count). The Balaban J connectivity index is 2.61. The summed E-state index contributed by atoms with van der Waals surface area (Å²) in [5.41, 5.74) is 2.63. The van der Waals surface area contributed by atoms with Gasteiger partial charge in [-0.25, -0.2) is 0 Å². The molecule has 0 spiro atoms. The first-order valence-electron chi connectivity index (χ1n) is 7.64. The van der Waals surface area contributed by atoms with Gasteiger partial charge in [0, 0.05) is 21.9 Å². The van der Waals surface area contributed by atoms with Crippen molar-refractivity contribution in [2.45, 2.75) is 58.6 Å². The lowest BCUT2D eigenvalue weighted by Gasteiger charge is -2.28. The maximum atomic E-state index is 10.7. The second-order valence-corrected chi connectivity index (χ2v) is 8.96. The number of hydrogen-bond donors (Lipinski definition) is 3. The SMILES string of the molecule is CC(C)(C)c1cc(/C=C2\SCNC2O)cc(C(C)(C)C)c1O. The van der Waals surface area contributed by atoms with E-state index in [-0.39, 0.29) is 10.8 Å². The smallest absolute Gasteiger partial charge is 0.137 e. The number of benzene rings is 1. The maximum absolute atomic E-state index is 10.7. The maximum Gasteiger partial charge on any atom is 0.137 e. The van der Waals surface area contributed by atoms with Crippen molar-refractivity contribution in [1.82, 2.24) is 5.32 Å². The molecule has 122 valence electrons. The fourth-order valence-electron chi connectivity index (χ4n) is 2.55. The number of hydrogen-bond acceptors (Lipinski definition) is 4. The first-order valence-corrected chi connectivity index (χ1v) is 8.62. The molecule has 0 radical (unpaired) electrons. The molecule has 3 nitrogen and oxygen atoms in total. The highest BCUT2D eigenvalue weighted by Gasteiger charge is 2.26. The molecule has 3 N–H and O–H groups in total. The Morgan fingerprint density at radius 2 is 1.59 bits per heavy atom. The van der Waals surface area contributed by atoms with Crippen molar-refractivity contribution in [3.05, 3.63) is 33.7 Å². The summed E-state index contributed by atoms with van der Waals surface area (Å²) in [6, 6.07) is 4.06. The first kappa shape index (κ1) is 17.4. The molecule has 0 bridgehead atoms. The van der Waals surface area contributed by atoms with Crippen LogP contribution in [0.1, 0.15) is 58.2 Å². The van der Waals surface area contributed by atoms with E-state index in [9.17, 15) is 10.2 Å². The molecule has 22 heavy (non-hydrogen) atoms. The van der Waals surface area contributed by atoms with Crippen molar-refractivity contribution in [2.24, 2.45) is 0 Å². The van der Waals surface area contributed by atoms with Crippen molar-refractivity contribution < 1.29 is 10.2 Å². The molecule has 1 unspecified atom stereocenters. The normalized spacial score (nSPS) is 21.6. The van der Waals surface area contributed by atoms with E-state index in [0.29, 0.717) is 5.75 Å². The highest BCUT2D eigenvalue weighted by molar-refractivity contribution is 8.03. The second kappa shape index (κ2) is 5.91. The number of phenolic OH excluding ortho intramolecular Hbond substituents is 1. The lowest BCUT2D eigenvalue weighted by Crippen LogP contribution is -2.21. The number of aliphatic hydroxyl groups is 1. The first-order chi connectivity index (χ1) is 10.00. The molecular weight excluding hydrogens is 294 g/mol. The molecule has 1 saturated heterocycles. The van der Waals surface area contributed by atoms with Gasteiger partial charge >= 0.3 is 0 Å². The summed E-state index contributed by atoms with van der Waals surface area (Å²) in [4.78, 5) is 0.922. The number of aromatic hydroxyl groups is 1. The van der Waals surface area contributed by atoms with Gasteiger partial charge in [-0.3, -0.25) is 5.32 Å². The summed E-state index contributed by atoms with van der Waals surface area (Å²) >= 11 is 1.61. The van der Waals surface area contributed by atoms with Crippen LogP contribution in [0.5, 0.6) is 5.75 Å². The van der Waals surface area contributed by atoms with E-state index in [1.54, 1.807) is 11.8 Å². The summed E-state index contributed by atoms with van der Waals surface area (Å²) < 4.78 is 0. The molecule has 1 aliphatic heterocycles. The quantitative estimate of drug-likeness (QED) is 0.733. The molecule has 1 aromatic rings. The van der Waals surface area contributed by atoms with Crippen LogP contribution in [0.2, 0.25) is 0 Å². The Morgan fingerprint density at radius 1 is 1.09 bits per heavy atom. The Bertz CT molecular complexity index is 559. The lowest BCUT2D eigenvalue weighted by atomic mass is 9.78. The third-order valence-electron chi connectivity index (χ3n) is 3.84. The largest absolute Gasteiger partial charge is 0.507 e. The minimum atomic E-state index is -0.588. The summed E-state index contributed by atoms with van der Waals surface area (Å²) in [6.07, 6.45) is 1.43. The number of rotatable bonds is 1. The van der Waals surface area contributed by atoms with Gasteiger partial charge in [0.2, 0.25) is 0 Å². The zero-order chi connectivity index (χ0) is 16.7. The van der Waals surface area contributed by atoms with Gasteiger partial charge in [0.1, 0.15) is 12.0 Å². The number of aliphatic hydroxyl groups excluding tert-OH is 1. The van der Waals surface area contributed by atoms with E-state index in [4.69, 9.17) is 0 Å². The standard InChI is InChI=1S/C18H27NO2S/c1-17(2,3)12-7-11(9-14-16(21)19-10-22-14)8-13(15(12)20)18(4,5)6/h7-9,16,19-21H,10H2,1-6H3/b14-9-. The molecule has 1 fully saturated rings. The third kappa shape index (κ3) is 3.67. The van der Waals surface area contributed by atoms with E-state index in [1.807, 2.05) is 18.2 Å². The molecule has 1 atom stereocenters. The molecular formula is C18H27NO2S. The van der Waals surface area contributed by atoms with Gasteiger partial charge in [-0.2, -0.15) is 0 Å². The van der Waals surface area contributed by atoms with Crippen LogP contribution in [0.25, 0.3) is 6.08 Å². The monoisotopic (exact) mass is 321 g/mol. The lowest BCUT2D eigenvalue weighted by molar-refractivity contribution is 0.196. The Labute approximate surface area is 137 Å². The zero-order valence-electron chi connectivity index (χ0n) is 14.3. The fourth-order valence-corrected chi connectivity index (χ4v) is 3.42. The predicted molar refractivity (Wildman–Crippen MR) is 95.1 cm³/mol. The van der Waals surface area contributed by atoms with Crippen LogP contribution in [0.3, 0.4) is 0 Å².